The van der Waals surface area contributed by atoms with Crippen LogP contribution in [0.4, 0.5) is 0 Å². The summed E-state index contributed by atoms with van der Waals surface area (Å²) >= 11 is 0. The summed E-state index contributed by atoms with van der Waals surface area (Å²) in [5.74, 6) is -0.344. The molecule has 1 aliphatic heterocycles. The van der Waals surface area contributed by atoms with Gasteiger partial charge in [-0.1, -0.05) is 24.3 Å². The zero-order chi connectivity index (χ0) is 18.4. The molecule has 6 nitrogen and oxygen atoms in total. The Morgan fingerprint density at radius 2 is 2.00 bits per heavy atom. The van der Waals surface area contributed by atoms with Crippen LogP contribution in [0, 0.1) is 11.3 Å². The van der Waals surface area contributed by atoms with E-state index in [9.17, 15) is 15.2 Å². The van der Waals surface area contributed by atoms with E-state index in [1.165, 1.54) is 16.7 Å². The highest BCUT2D eigenvalue weighted by molar-refractivity contribution is 5.88. The first kappa shape index (κ1) is 15.8. The predicted molar refractivity (Wildman–Crippen MR) is 96.6 cm³/mol. The molecular formula is C20H15N3O3. The number of rotatable bonds is 1. The second kappa shape index (κ2) is 5.67. The number of ether oxygens (including phenoxy) is 1. The Labute approximate surface area is 149 Å². The fourth-order valence-corrected chi connectivity index (χ4v) is 3.46. The lowest BCUT2D eigenvalue weighted by Crippen LogP contribution is -2.31. The number of phenols is 1. The van der Waals surface area contributed by atoms with E-state index in [4.69, 9.17) is 10.5 Å². The van der Waals surface area contributed by atoms with E-state index in [-0.39, 0.29) is 22.8 Å². The van der Waals surface area contributed by atoms with E-state index in [0.29, 0.717) is 22.4 Å². The highest BCUT2D eigenvalue weighted by Gasteiger charge is 2.35. The number of aromatic hydroxyl groups is 1. The van der Waals surface area contributed by atoms with E-state index >= 15 is 0 Å². The first-order valence-corrected chi connectivity index (χ1v) is 8.01. The molecule has 1 atom stereocenters. The Morgan fingerprint density at radius 3 is 2.73 bits per heavy atom. The molecule has 1 aromatic heterocycles. The van der Waals surface area contributed by atoms with Gasteiger partial charge in [-0.3, -0.25) is 4.79 Å². The van der Waals surface area contributed by atoms with Gasteiger partial charge in [0.2, 0.25) is 5.88 Å². The fourth-order valence-electron chi connectivity index (χ4n) is 3.46. The molecule has 0 amide bonds. The molecule has 0 saturated carbocycles. The van der Waals surface area contributed by atoms with E-state index < -0.39 is 5.92 Å². The molecule has 0 unspecified atom stereocenters. The number of allylic oxidation sites excluding steroid dienone is 1. The van der Waals surface area contributed by atoms with Gasteiger partial charge < -0.3 is 20.1 Å². The summed E-state index contributed by atoms with van der Waals surface area (Å²) in [6, 6.07) is 15.9. The van der Waals surface area contributed by atoms with Gasteiger partial charge in [-0.15, -0.1) is 0 Å². The van der Waals surface area contributed by atoms with Crippen LogP contribution in [0.25, 0.3) is 10.9 Å². The smallest absolute Gasteiger partial charge is 0.258 e. The number of aryl methyl sites for hydroxylation is 1. The fraction of sp³-hybridized carbons (Fsp3) is 0.100. The molecule has 128 valence electrons. The number of nitrogens with zero attached hydrogens (tertiary/aromatic N) is 2. The van der Waals surface area contributed by atoms with Crippen molar-refractivity contribution >= 4 is 10.9 Å². The van der Waals surface area contributed by atoms with Crippen molar-refractivity contribution in [1.29, 1.82) is 5.26 Å². The standard InChI is InChI=1S/C20H15N3O3/c1-23-15-8-3-2-7-13(15)18-17(20(23)25)16(14(10-21)19(22)26-18)11-5-4-6-12(24)9-11/h2-9,16,24H,22H2,1H3/t16-/m0/s1. The molecule has 0 fully saturated rings. The van der Waals surface area contributed by atoms with Crippen molar-refractivity contribution in [2.24, 2.45) is 12.8 Å². The monoisotopic (exact) mass is 345 g/mol. The van der Waals surface area contributed by atoms with Crippen LogP contribution in [0.1, 0.15) is 17.0 Å². The molecule has 26 heavy (non-hydrogen) atoms. The Bertz CT molecular complexity index is 1190. The van der Waals surface area contributed by atoms with Gasteiger partial charge >= 0.3 is 0 Å². The van der Waals surface area contributed by atoms with Crippen LogP contribution in [0.3, 0.4) is 0 Å². The van der Waals surface area contributed by atoms with Gasteiger partial charge in [-0.2, -0.15) is 5.26 Å². The number of para-hydroxylation sites is 1. The molecule has 0 aliphatic carbocycles. The molecule has 2 aromatic carbocycles. The second-order valence-corrected chi connectivity index (χ2v) is 6.14. The maximum Gasteiger partial charge on any atom is 0.258 e. The molecular weight excluding hydrogens is 330 g/mol. The Balaban J connectivity index is 2.14. The quantitative estimate of drug-likeness (QED) is 0.705. The molecule has 0 bridgehead atoms. The first-order valence-electron chi connectivity index (χ1n) is 8.01. The molecule has 1 aliphatic rings. The van der Waals surface area contributed by atoms with Gasteiger partial charge in [0.25, 0.3) is 5.56 Å². The first-order chi connectivity index (χ1) is 12.5. The van der Waals surface area contributed by atoms with Gasteiger partial charge in [0.1, 0.15) is 23.1 Å². The number of phenolic OH excluding ortho intramolecular Hbond substituents is 1. The lowest BCUT2D eigenvalue weighted by molar-refractivity contribution is 0.395. The average Bonchev–Trinajstić information content (AvgIpc) is 2.65. The van der Waals surface area contributed by atoms with Crippen molar-refractivity contribution in [3.63, 3.8) is 0 Å². The van der Waals surface area contributed by atoms with Gasteiger partial charge in [-0.05, 0) is 29.8 Å². The van der Waals surface area contributed by atoms with E-state index in [0.717, 1.165) is 5.39 Å². The molecule has 4 rings (SSSR count). The summed E-state index contributed by atoms with van der Waals surface area (Å²) < 4.78 is 7.26. The van der Waals surface area contributed by atoms with Gasteiger partial charge in [-0.25, -0.2) is 0 Å². The summed E-state index contributed by atoms with van der Waals surface area (Å²) in [4.78, 5) is 13.1. The summed E-state index contributed by atoms with van der Waals surface area (Å²) in [6.45, 7) is 0. The number of hydrogen-bond donors (Lipinski definition) is 2. The zero-order valence-corrected chi connectivity index (χ0v) is 13.9. The van der Waals surface area contributed by atoms with Crippen LogP contribution in [-0.2, 0) is 7.05 Å². The summed E-state index contributed by atoms with van der Waals surface area (Å²) in [7, 11) is 1.68. The third kappa shape index (κ3) is 2.15. The van der Waals surface area contributed by atoms with E-state index in [1.807, 2.05) is 24.3 Å². The molecule has 0 spiro atoms. The van der Waals surface area contributed by atoms with Crippen molar-refractivity contribution in [1.82, 2.24) is 4.57 Å². The molecule has 3 aromatic rings. The number of nitrogens with two attached hydrogens (primary N) is 1. The maximum absolute atomic E-state index is 13.1. The number of fused-ring (bicyclic) bond motifs is 3. The number of pyridine rings is 1. The lowest BCUT2D eigenvalue weighted by Gasteiger charge is -2.27. The number of aromatic nitrogens is 1. The zero-order valence-electron chi connectivity index (χ0n) is 13.9. The Morgan fingerprint density at radius 1 is 1.23 bits per heavy atom. The van der Waals surface area contributed by atoms with Crippen LogP contribution >= 0.6 is 0 Å². The molecule has 3 N–H and O–H groups in total. The van der Waals surface area contributed by atoms with Crippen molar-refractivity contribution in [2.45, 2.75) is 5.92 Å². The van der Waals surface area contributed by atoms with Crippen LogP contribution < -0.4 is 16.0 Å². The second-order valence-electron chi connectivity index (χ2n) is 6.14. The largest absolute Gasteiger partial charge is 0.508 e. The van der Waals surface area contributed by atoms with Gasteiger partial charge in [0.15, 0.2) is 0 Å². The SMILES string of the molecule is Cn1c(=O)c2c(c3ccccc31)OC(N)=C(C#N)[C@@H]2c1cccc(O)c1. The van der Waals surface area contributed by atoms with Gasteiger partial charge in [0.05, 0.1) is 17.0 Å². The van der Waals surface area contributed by atoms with Crippen molar-refractivity contribution in [3.8, 4) is 17.6 Å². The average molecular weight is 345 g/mol. The summed E-state index contributed by atoms with van der Waals surface area (Å²) in [5.41, 5.74) is 7.53. The Kier molecular flexibility index (Phi) is 3.44. The minimum atomic E-state index is -0.709. The van der Waals surface area contributed by atoms with Gasteiger partial charge in [0, 0.05) is 12.4 Å². The highest BCUT2D eigenvalue weighted by Crippen LogP contribution is 2.43. The third-order valence-electron chi connectivity index (χ3n) is 4.67. The third-order valence-corrected chi connectivity index (χ3v) is 4.67. The van der Waals surface area contributed by atoms with E-state index in [1.54, 1.807) is 19.2 Å². The molecule has 0 radical (unpaired) electrons. The number of nitriles is 1. The maximum atomic E-state index is 13.1. The minimum Gasteiger partial charge on any atom is -0.508 e. The van der Waals surface area contributed by atoms with Crippen molar-refractivity contribution in [3.05, 3.63) is 81.5 Å². The summed E-state index contributed by atoms with van der Waals surface area (Å²) in [6.07, 6.45) is 0. The highest BCUT2D eigenvalue weighted by atomic mass is 16.5. The molecule has 2 heterocycles. The Hall–Kier alpha value is -3.72. The van der Waals surface area contributed by atoms with Crippen molar-refractivity contribution < 1.29 is 9.84 Å². The lowest BCUT2D eigenvalue weighted by atomic mass is 9.83. The predicted octanol–water partition coefficient (Wildman–Crippen LogP) is 2.46. The minimum absolute atomic E-state index is 0.0354. The van der Waals surface area contributed by atoms with Crippen LogP contribution in [0.15, 0.2) is 64.8 Å². The topological polar surface area (TPSA) is 101 Å². The van der Waals surface area contributed by atoms with Crippen molar-refractivity contribution in [2.75, 3.05) is 0 Å². The van der Waals surface area contributed by atoms with Crippen LogP contribution in [-0.4, -0.2) is 9.67 Å². The number of benzene rings is 2. The molecule has 6 heteroatoms. The summed E-state index contributed by atoms with van der Waals surface area (Å²) in [5, 5.41) is 20.2. The van der Waals surface area contributed by atoms with Crippen LogP contribution in [0.2, 0.25) is 0 Å². The van der Waals surface area contributed by atoms with E-state index in [2.05, 4.69) is 6.07 Å². The molecule has 0 saturated heterocycles. The van der Waals surface area contributed by atoms with Crippen LogP contribution in [0.5, 0.6) is 11.5 Å². The normalized spacial score (nSPS) is 16.1. The number of hydrogen-bond acceptors (Lipinski definition) is 5.